The zero-order valence-corrected chi connectivity index (χ0v) is 10.5. The van der Waals surface area contributed by atoms with Crippen LogP contribution in [0, 0.1) is 0 Å². The van der Waals surface area contributed by atoms with Crippen LogP contribution in [-0.2, 0) is 14.3 Å². The van der Waals surface area contributed by atoms with Gasteiger partial charge in [0.25, 0.3) is 10.1 Å². The van der Waals surface area contributed by atoms with Crippen LogP contribution in [0.4, 0.5) is 0 Å². The molecule has 4 nitrogen and oxygen atoms in total. The van der Waals surface area contributed by atoms with Gasteiger partial charge in [0.05, 0.1) is 12.4 Å². The first kappa shape index (κ1) is 14.1. The van der Waals surface area contributed by atoms with E-state index in [1.807, 2.05) is 0 Å². The normalized spacial score (nSPS) is 13.9. The van der Waals surface area contributed by atoms with E-state index in [2.05, 4.69) is 22.5 Å². The monoisotopic (exact) mass is 286 g/mol. The van der Waals surface area contributed by atoms with Crippen LogP contribution < -0.4 is 0 Å². The lowest BCUT2D eigenvalue weighted by Gasteiger charge is -2.14. The first-order valence-electron chi connectivity index (χ1n) is 4.17. The van der Waals surface area contributed by atoms with Gasteiger partial charge in [-0.15, -0.1) is 0 Å². The quantitative estimate of drug-likeness (QED) is 0.719. The highest BCUT2D eigenvalue weighted by atomic mass is 79.9. The molecule has 1 atom stereocenters. The van der Waals surface area contributed by atoms with Crippen LogP contribution in [0.5, 0.6) is 0 Å². The van der Waals surface area contributed by atoms with E-state index < -0.39 is 16.2 Å². The maximum atomic E-state index is 10.9. The Hall–Kier alpha value is 0.0900. The minimum absolute atomic E-state index is 0.0262. The molecule has 0 bridgehead atoms. The average Bonchev–Trinajstić information content (AvgIpc) is 1.96. The molecule has 14 heavy (non-hydrogen) atoms. The molecule has 84 valence electrons. The number of hydrogen-bond acceptors (Lipinski definition) is 4. The summed E-state index contributed by atoms with van der Waals surface area (Å²) in [5, 5.41) is 8.61. The summed E-state index contributed by atoms with van der Waals surface area (Å²) >= 11 is 3.14. The third kappa shape index (κ3) is 8.68. The number of halogens is 1. The van der Waals surface area contributed by atoms with E-state index in [1.54, 1.807) is 0 Å². The SMILES string of the molecule is C=C(Br)C[C@@H](CCCO)OS(C)(=O)=O. The third-order valence-electron chi connectivity index (χ3n) is 1.44. The van der Waals surface area contributed by atoms with Gasteiger partial charge in [-0.05, 0) is 17.3 Å². The molecule has 0 aromatic rings. The van der Waals surface area contributed by atoms with E-state index in [0.717, 1.165) is 6.26 Å². The highest BCUT2D eigenvalue weighted by Gasteiger charge is 2.15. The first-order valence-corrected chi connectivity index (χ1v) is 6.78. The van der Waals surface area contributed by atoms with Crippen molar-refractivity contribution >= 4 is 26.0 Å². The second kappa shape index (κ2) is 6.55. The fourth-order valence-corrected chi connectivity index (χ4v) is 2.02. The minimum Gasteiger partial charge on any atom is -0.396 e. The van der Waals surface area contributed by atoms with Crippen molar-refractivity contribution in [3.05, 3.63) is 11.1 Å². The van der Waals surface area contributed by atoms with Gasteiger partial charge in [0.2, 0.25) is 0 Å². The fourth-order valence-electron chi connectivity index (χ4n) is 0.997. The standard InChI is InChI=1S/C8H15BrO4S/c1-7(9)6-8(4-3-5-10)13-14(2,11)12/h8,10H,1,3-6H2,2H3/t8-/m1/s1. The van der Waals surface area contributed by atoms with Gasteiger partial charge in [-0.25, -0.2) is 0 Å². The Labute approximate surface area is 93.2 Å². The summed E-state index contributed by atoms with van der Waals surface area (Å²) in [5.41, 5.74) is 0. The Morgan fingerprint density at radius 1 is 1.64 bits per heavy atom. The van der Waals surface area contributed by atoms with Gasteiger partial charge in [0, 0.05) is 13.0 Å². The summed E-state index contributed by atoms with van der Waals surface area (Å²) in [4.78, 5) is 0. The molecule has 0 heterocycles. The molecule has 0 amide bonds. The summed E-state index contributed by atoms with van der Waals surface area (Å²) in [5.74, 6) is 0. The van der Waals surface area contributed by atoms with Gasteiger partial charge in [0.15, 0.2) is 0 Å². The minimum atomic E-state index is -3.44. The van der Waals surface area contributed by atoms with Crippen molar-refractivity contribution in [2.75, 3.05) is 12.9 Å². The fraction of sp³-hybridized carbons (Fsp3) is 0.750. The van der Waals surface area contributed by atoms with Crippen LogP contribution in [0.3, 0.4) is 0 Å². The summed E-state index contributed by atoms with van der Waals surface area (Å²) in [7, 11) is -3.44. The maximum absolute atomic E-state index is 10.9. The molecule has 0 saturated heterocycles. The molecule has 0 unspecified atom stereocenters. The molecule has 0 saturated carbocycles. The molecule has 0 aliphatic carbocycles. The molecule has 0 fully saturated rings. The second-order valence-corrected chi connectivity index (χ2v) is 5.73. The Morgan fingerprint density at radius 3 is 2.57 bits per heavy atom. The van der Waals surface area contributed by atoms with Gasteiger partial charge in [-0.2, -0.15) is 8.42 Å². The number of aliphatic hydroxyl groups excluding tert-OH is 1. The Kier molecular flexibility index (Phi) is 6.59. The topological polar surface area (TPSA) is 63.6 Å². The highest BCUT2D eigenvalue weighted by Crippen LogP contribution is 2.17. The number of rotatable bonds is 7. The van der Waals surface area contributed by atoms with Crippen molar-refractivity contribution in [3.63, 3.8) is 0 Å². The molecule has 6 heteroatoms. The zero-order valence-electron chi connectivity index (χ0n) is 8.07. The lowest BCUT2D eigenvalue weighted by Crippen LogP contribution is -2.18. The van der Waals surface area contributed by atoms with Crippen molar-refractivity contribution < 1.29 is 17.7 Å². The third-order valence-corrected chi connectivity index (χ3v) is 2.39. The van der Waals surface area contributed by atoms with E-state index in [9.17, 15) is 8.42 Å². The van der Waals surface area contributed by atoms with Gasteiger partial charge in [0.1, 0.15) is 0 Å². The molecule has 0 spiro atoms. The lowest BCUT2D eigenvalue weighted by molar-refractivity contribution is 0.182. The van der Waals surface area contributed by atoms with E-state index in [-0.39, 0.29) is 6.61 Å². The van der Waals surface area contributed by atoms with Crippen LogP contribution in [0.25, 0.3) is 0 Å². The van der Waals surface area contributed by atoms with Crippen LogP contribution in [0.2, 0.25) is 0 Å². The van der Waals surface area contributed by atoms with Crippen molar-refractivity contribution in [2.24, 2.45) is 0 Å². The largest absolute Gasteiger partial charge is 0.396 e. The molecule has 0 aliphatic rings. The maximum Gasteiger partial charge on any atom is 0.264 e. The summed E-state index contributed by atoms with van der Waals surface area (Å²) < 4.78 is 27.2. The van der Waals surface area contributed by atoms with Crippen LogP contribution in [0.15, 0.2) is 11.1 Å². The Morgan fingerprint density at radius 2 is 2.21 bits per heavy atom. The van der Waals surface area contributed by atoms with Gasteiger partial charge >= 0.3 is 0 Å². The van der Waals surface area contributed by atoms with Crippen molar-refractivity contribution in [2.45, 2.75) is 25.4 Å². The predicted molar refractivity (Wildman–Crippen MR) is 58.7 cm³/mol. The molecular weight excluding hydrogens is 272 g/mol. The molecule has 0 aromatic heterocycles. The molecule has 0 aromatic carbocycles. The summed E-state index contributed by atoms with van der Waals surface area (Å²) in [6.07, 6.45) is 2.00. The van der Waals surface area contributed by atoms with E-state index in [4.69, 9.17) is 9.29 Å². The van der Waals surface area contributed by atoms with Gasteiger partial charge < -0.3 is 5.11 Å². The predicted octanol–water partition coefficient (Wildman–Crippen LogP) is 1.40. The summed E-state index contributed by atoms with van der Waals surface area (Å²) in [6, 6.07) is 0. The highest BCUT2D eigenvalue weighted by molar-refractivity contribution is 9.11. The second-order valence-electron chi connectivity index (χ2n) is 3.01. The van der Waals surface area contributed by atoms with E-state index in [0.29, 0.717) is 23.7 Å². The molecule has 0 aliphatic heterocycles. The molecular formula is C8H15BrO4S. The van der Waals surface area contributed by atoms with E-state index in [1.165, 1.54) is 0 Å². The first-order chi connectivity index (χ1) is 6.35. The Balaban J connectivity index is 4.17. The van der Waals surface area contributed by atoms with Crippen LogP contribution in [-0.4, -0.2) is 32.5 Å². The number of aliphatic hydroxyl groups is 1. The smallest absolute Gasteiger partial charge is 0.264 e. The van der Waals surface area contributed by atoms with Gasteiger partial charge in [-0.3, -0.25) is 4.18 Å². The molecule has 1 N–H and O–H groups in total. The van der Waals surface area contributed by atoms with Gasteiger partial charge in [-0.1, -0.05) is 22.5 Å². The lowest BCUT2D eigenvalue weighted by atomic mass is 10.1. The zero-order chi connectivity index (χ0) is 11.2. The molecule has 0 rings (SSSR count). The van der Waals surface area contributed by atoms with Crippen LogP contribution >= 0.6 is 15.9 Å². The van der Waals surface area contributed by atoms with E-state index >= 15 is 0 Å². The average molecular weight is 287 g/mol. The van der Waals surface area contributed by atoms with Crippen molar-refractivity contribution in [1.82, 2.24) is 0 Å². The van der Waals surface area contributed by atoms with Crippen molar-refractivity contribution in [1.29, 1.82) is 0 Å². The number of hydrogen-bond donors (Lipinski definition) is 1. The Bertz CT molecular complexity index is 273. The van der Waals surface area contributed by atoms with Crippen LogP contribution in [0.1, 0.15) is 19.3 Å². The molecule has 0 radical (unpaired) electrons. The summed E-state index contributed by atoms with van der Waals surface area (Å²) in [6.45, 7) is 3.64. The van der Waals surface area contributed by atoms with Crippen molar-refractivity contribution in [3.8, 4) is 0 Å².